The summed E-state index contributed by atoms with van der Waals surface area (Å²) >= 11 is 6.42. The Morgan fingerprint density at radius 3 is 2.52 bits per heavy atom. The van der Waals surface area contributed by atoms with Gasteiger partial charge in [0.05, 0.1) is 12.1 Å². The fourth-order valence-electron chi connectivity index (χ4n) is 2.91. The van der Waals surface area contributed by atoms with Crippen LogP contribution in [0.25, 0.3) is 6.08 Å². The zero-order valence-electron chi connectivity index (χ0n) is 17.2. The van der Waals surface area contributed by atoms with Crippen molar-refractivity contribution in [2.75, 3.05) is 12.4 Å². The van der Waals surface area contributed by atoms with E-state index in [-0.39, 0.29) is 5.57 Å². The first-order chi connectivity index (χ1) is 15.0. The van der Waals surface area contributed by atoms with Gasteiger partial charge in [0.25, 0.3) is 5.91 Å². The van der Waals surface area contributed by atoms with Gasteiger partial charge in [-0.2, -0.15) is 5.26 Å². The number of benzene rings is 3. The molecule has 0 fully saturated rings. The highest BCUT2D eigenvalue weighted by Gasteiger charge is 2.15. The maximum Gasteiger partial charge on any atom is 0.266 e. The molecule has 0 saturated heterocycles. The van der Waals surface area contributed by atoms with Crippen LogP contribution in [0.3, 0.4) is 0 Å². The molecular weight excluding hydrogens is 412 g/mol. The van der Waals surface area contributed by atoms with Crippen molar-refractivity contribution in [2.24, 2.45) is 0 Å². The predicted molar refractivity (Wildman–Crippen MR) is 122 cm³/mol. The number of hydrogen-bond donors (Lipinski definition) is 1. The van der Waals surface area contributed by atoms with E-state index in [1.165, 1.54) is 13.2 Å². The molecule has 31 heavy (non-hydrogen) atoms. The summed E-state index contributed by atoms with van der Waals surface area (Å²) in [7, 11) is 1.50. The molecule has 0 aliphatic carbocycles. The first-order valence-electron chi connectivity index (χ1n) is 9.55. The number of ether oxygens (including phenoxy) is 2. The Bertz CT molecular complexity index is 1150. The third kappa shape index (κ3) is 5.65. The molecule has 3 aromatic rings. The van der Waals surface area contributed by atoms with Crippen LogP contribution in [0.2, 0.25) is 5.02 Å². The maximum atomic E-state index is 12.6. The molecule has 3 rings (SSSR count). The minimum absolute atomic E-state index is 0.0562. The van der Waals surface area contributed by atoms with Crippen LogP contribution in [0.1, 0.15) is 16.7 Å². The molecule has 0 unspecified atom stereocenters. The largest absolute Gasteiger partial charge is 0.493 e. The standard InChI is InChI=1S/C25H21ClN2O3/c1-17-8-6-7-11-22(17)28-25(29)20(15-27)12-19-13-21(26)24(23(14-19)30-2)31-16-18-9-4-3-5-10-18/h3-14H,16H2,1-2H3,(H,28,29)/b20-12-. The Kier molecular flexibility index (Phi) is 7.31. The summed E-state index contributed by atoms with van der Waals surface area (Å²) in [5.41, 5.74) is 3.03. The van der Waals surface area contributed by atoms with Crippen molar-refractivity contribution in [2.45, 2.75) is 13.5 Å². The number of halogens is 1. The SMILES string of the molecule is COc1cc(/C=C(/C#N)C(=O)Nc2ccccc2C)cc(Cl)c1OCc1ccccc1. The number of anilines is 1. The molecule has 0 aliphatic heterocycles. The van der Waals surface area contributed by atoms with Gasteiger partial charge in [-0.15, -0.1) is 0 Å². The monoisotopic (exact) mass is 432 g/mol. The van der Waals surface area contributed by atoms with Crippen molar-refractivity contribution in [3.8, 4) is 17.6 Å². The molecule has 0 radical (unpaired) electrons. The van der Waals surface area contributed by atoms with Crippen LogP contribution >= 0.6 is 11.6 Å². The molecule has 0 spiro atoms. The minimum atomic E-state index is -0.503. The number of amides is 1. The number of carbonyl (C=O) groups excluding carboxylic acids is 1. The molecule has 156 valence electrons. The number of carbonyl (C=O) groups is 1. The average Bonchev–Trinajstić information content (AvgIpc) is 2.78. The van der Waals surface area contributed by atoms with Gasteiger partial charge in [0.2, 0.25) is 0 Å². The lowest BCUT2D eigenvalue weighted by Crippen LogP contribution is -2.14. The van der Waals surface area contributed by atoms with E-state index >= 15 is 0 Å². The van der Waals surface area contributed by atoms with E-state index in [1.807, 2.05) is 61.5 Å². The number of rotatable bonds is 7. The Labute approximate surface area is 186 Å². The summed E-state index contributed by atoms with van der Waals surface area (Å²) in [6.45, 7) is 2.21. The topological polar surface area (TPSA) is 71.3 Å². The van der Waals surface area contributed by atoms with Gasteiger partial charge in [0, 0.05) is 5.69 Å². The van der Waals surface area contributed by atoms with E-state index in [2.05, 4.69) is 5.32 Å². The molecular formula is C25H21ClN2O3. The highest BCUT2D eigenvalue weighted by molar-refractivity contribution is 6.32. The van der Waals surface area contributed by atoms with Gasteiger partial charge < -0.3 is 14.8 Å². The quantitative estimate of drug-likeness (QED) is 0.379. The molecule has 1 N–H and O–H groups in total. The van der Waals surface area contributed by atoms with E-state index in [4.69, 9.17) is 21.1 Å². The second-order valence-electron chi connectivity index (χ2n) is 6.75. The van der Waals surface area contributed by atoms with Crippen LogP contribution in [0, 0.1) is 18.3 Å². The molecule has 1 amide bonds. The van der Waals surface area contributed by atoms with Gasteiger partial charge in [-0.1, -0.05) is 60.1 Å². The van der Waals surface area contributed by atoms with Crippen molar-refractivity contribution in [1.29, 1.82) is 5.26 Å². The van der Waals surface area contributed by atoms with Crippen LogP contribution in [-0.2, 0) is 11.4 Å². The smallest absolute Gasteiger partial charge is 0.266 e. The molecule has 0 aromatic heterocycles. The molecule has 0 atom stereocenters. The van der Waals surface area contributed by atoms with Gasteiger partial charge >= 0.3 is 0 Å². The first-order valence-corrected chi connectivity index (χ1v) is 9.92. The zero-order valence-corrected chi connectivity index (χ0v) is 17.9. The number of methoxy groups -OCH3 is 1. The molecule has 3 aromatic carbocycles. The summed E-state index contributed by atoms with van der Waals surface area (Å²) in [4.78, 5) is 12.6. The molecule has 6 heteroatoms. The maximum absolute atomic E-state index is 12.6. The van der Waals surface area contributed by atoms with Crippen molar-refractivity contribution < 1.29 is 14.3 Å². The lowest BCUT2D eigenvalue weighted by molar-refractivity contribution is -0.112. The van der Waals surface area contributed by atoms with Gasteiger partial charge in [-0.3, -0.25) is 4.79 Å². The van der Waals surface area contributed by atoms with Gasteiger partial charge in [0.15, 0.2) is 11.5 Å². The Balaban J connectivity index is 1.83. The fourth-order valence-corrected chi connectivity index (χ4v) is 3.18. The number of nitriles is 1. The molecule has 0 saturated carbocycles. The Morgan fingerprint density at radius 2 is 1.84 bits per heavy atom. The van der Waals surface area contributed by atoms with Crippen molar-refractivity contribution >= 4 is 29.3 Å². The van der Waals surface area contributed by atoms with E-state index in [0.29, 0.717) is 34.4 Å². The Morgan fingerprint density at radius 1 is 1.13 bits per heavy atom. The molecule has 0 heterocycles. The third-order valence-corrected chi connectivity index (χ3v) is 4.83. The van der Waals surface area contributed by atoms with Crippen LogP contribution in [0.5, 0.6) is 11.5 Å². The molecule has 5 nitrogen and oxygen atoms in total. The van der Waals surface area contributed by atoms with Crippen molar-refractivity contribution in [3.63, 3.8) is 0 Å². The normalized spacial score (nSPS) is 10.8. The van der Waals surface area contributed by atoms with Crippen LogP contribution in [-0.4, -0.2) is 13.0 Å². The van der Waals surface area contributed by atoms with Crippen LogP contribution in [0.4, 0.5) is 5.69 Å². The first kappa shape index (κ1) is 21.9. The minimum Gasteiger partial charge on any atom is -0.493 e. The second-order valence-corrected chi connectivity index (χ2v) is 7.15. The number of aryl methyl sites for hydroxylation is 1. The number of nitrogens with zero attached hydrogens (tertiary/aromatic N) is 1. The lowest BCUT2D eigenvalue weighted by atomic mass is 10.1. The fraction of sp³-hybridized carbons (Fsp3) is 0.120. The average molecular weight is 433 g/mol. The zero-order chi connectivity index (χ0) is 22.2. The molecule has 0 bridgehead atoms. The number of para-hydroxylation sites is 1. The lowest BCUT2D eigenvalue weighted by Gasteiger charge is -2.13. The Hall–Kier alpha value is -3.75. The highest BCUT2D eigenvalue weighted by Crippen LogP contribution is 2.37. The van der Waals surface area contributed by atoms with Crippen LogP contribution < -0.4 is 14.8 Å². The summed E-state index contributed by atoms with van der Waals surface area (Å²) in [5, 5.41) is 12.6. The van der Waals surface area contributed by atoms with Gasteiger partial charge in [-0.25, -0.2) is 0 Å². The summed E-state index contributed by atoms with van der Waals surface area (Å²) in [6.07, 6.45) is 1.46. The third-order valence-electron chi connectivity index (χ3n) is 4.55. The summed E-state index contributed by atoms with van der Waals surface area (Å²) in [6, 6.07) is 22.3. The van der Waals surface area contributed by atoms with E-state index in [0.717, 1.165) is 11.1 Å². The second kappa shape index (κ2) is 10.3. The number of nitrogens with one attached hydrogen (secondary N) is 1. The van der Waals surface area contributed by atoms with E-state index < -0.39 is 5.91 Å². The van der Waals surface area contributed by atoms with Crippen molar-refractivity contribution in [1.82, 2.24) is 0 Å². The molecule has 0 aliphatic rings. The van der Waals surface area contributed by atoms with E-state index in [9.17, 15) is 10.1 Å². The summed E-state index contributed by atoms with van der Waals surface area (Å²) < 4.78 is 11.3. The van der Waals surface area contributed by atoms with Gasteiger partial charge in [-0.05, 0) is 47.9 Å². The highest BCUT2D eigenvalue weighted by atomic mass is 35.5. The van der Waals surface area contributed by atoms with Crippen LogP contribution in [0.15, 0.2) is 72.3 Å². The van der Waals surface area contributed by atoms with E-state index in [1.54, 1.807) is 18.2 Å². The number of hydrogen-bond acceptors (Lipinski definition) is 4. The predicted octanol–water partition coefficient (Wildman–Crippen LogP) is 5.78. The summed E-state index contributed by atoms with van der Waals surface area (Å²) in [5.74, 6) is 0.301. The van der Waals surface area contributed by atoms with Crippen molar-refractivity contribution in [3.05, 3.63) is 94.0 Å². The van der Waals surface area contributed by atoms with Gasteiger partial charge in [0.1, 0.15) is 18.2 Å².